The molecule has 0 aliphatic carbocycles. The molecular weight excluding hydrogens is 219 g/mol. The molecule has 0 spiro atoms. The fourth-order valence-corrected chi connectivity index (χ4v) is 1.58. The summed E-state index contributed by atoms with van der Waals surface area (Å²) in [5.41, 5.74) is -2.05. The summed E-state index contributed by atoms with van der Waals surface area (Å²) in [6.45, 7) is 5.05. The molecule has 0 fully saturated rings. The van der Waals surface area contributed by atoms with Gasteiger partial charge < -0.3 is 4.57 Å². The van der Waals surface area contributed by atoms with Gasteiger partial charge in [0, 0.05) is 13.1 Å². The van der Waals surface area contributed by atoms with Crippen molar-refractivity contribution in [1.29, 1.82) is 0 Å². The molecule has 1 heterocycles. The van der Waals surface area contributed by atoms with Crippen LogP contribution in [0.25, 0.3) is 0 Å². The second-order valence-electron chi connectivity index (χ2n) is 4.74. The lowest BCUT2D eigenvalue weighted by Gasteiger charge is -2.25. The van der Waals surface area contributed by atoms with Crippen LogP contribution in [-0.2, 0) is 18.6 Å². The second-order valence-corrected chi connectivity index (χ2v) is 4.74. The van der Waals surface area contributed by atoms with Crippen molar-refractivity contribution in [2.75, 3.05) is 0 Å². The monoisotopic (exact) mass is 233 g/mol. The first kappa shape index (κ1) is 12.8. The lowest BCUT2D eigenvalue weighted by molar-refractivity contribution is -0.144. The summed E-state index contributed by atoms with van der Waals surface area (Å²) in [5, 5.41) is 0. The van der Waals surface area contributed by atoms with E-state index in [1.807, 2.05) is 0 Å². The molecule has 5 heteroatoms. The minimum Gasteiger partial charge on any atom is -0.307 e. The first-order valence-electron chi connectivity index (χ1n) is 4.83. The molecule has 0 aliphatic rings. The van der Waals surface area contributed by atoms with E-state index in [1.165, 1.54) is 6.07 Å². The first-order chi connectivity index (χ1) is 7.05. The van der Waals surface area contributed by atoms with Crippen LogP contribution in [0, 0.1) is 0 Å². The average molecular weight is 233 g/mol. The summed E-state index contributed by atoms with van der Waals surface area (Å²) in [6.07, 6.45) is -4.52. The summed E-state index contributed by atoms with van der Waals surface area (Å²) < 4.78 is 39.2. The van der Waals surface area contributed by atoms with E-state index >= 15 is 0 Å². The van der Waals surface area contributed by atoms with Gasteiger partial charge in [-0.15, -0.1) is 0 Å². The van der Waals surface area contributed by atoms with Gasteiger partial charge in [-0.05, 0) is 11.0 Å². The van der Waals surface area contributed by atoms with E-state index in [4.69, 9.17) is 0 Å². The van der Waals surface area contributed by atoms with Gasteiger partial charge in [-0.3, -0.25) is 4.79 Å². The Kier molecular flexibility index (Phi) is 2.92. The van der Waals surface area contributed by atoms with Crippen LogP contribution in [0.4, 0.5) is 13.2 Å². The number of alkyl halides is 3. The molecule has 0 saturated carbocycles. The molecule has 1 rings (SSSR count). The van der Waals surface area contributed by atoms with Crippen LogP contribution in [0.3, 0.4) is 0 Å². The van der Waals surface area contributed by atoms with Gasteiger partial charge in [0.15, 0.2) is 0 Å². The van der Waals surface area contributed by atoms with Gasteiger partial charge in [0.05, 0.1) is 0 Å². The minimum absolute atomic E-state index is 0.127. The van der Waals surface area contributed by atoms with Gasteiger partial charge in [-0.1, -0.05) is 26.8 Å². The zero-order chi connectivity index (χ0) is 12.7. The topological polar surface area (TPSA) is 22.0 Å². The van der Waals surface area contributed by atoms with E-state index in [2.05, 4.69) is 0 Å². The molecule has 0 aliphatic heterocycles. The Morgan fingerprint density at radius 3 is 2.00 bits per heavy atom. The second kappa shape index (κ2) is 3.64. The Morgan fingerprint density at radius 1 is 1.12 bits per heavy atom. The van der Waals surface area contributed by atoms with Crippen molar-refractivity contribution < 1.29 is 13.2 Å². The maximum absolute atomic E-state index is 12.9. The third kappa shape index (κ3) is 2.28. The van der Waals surface area contributed by atoms with Crippen LogP contribution in [0.2, 0.25) is 0 Å². The lowest BCUT2D eigenvalue weighted by Crippen LogP contribution is -2.30. The molecule has 0 radical (unpaired) electrons. The maximum Gasteiger partial charge on any atom is 0.431 e. The molecule has 0 unspecified atom stereocenters. The van der Waals surface area contributed by atoms with Crippen LogP contribution in [0.1, 0.15) is 32.0 Å². The number of rotatable bonds is 0. The fourth-order valence-electron chi connectivity index (χ4n) is 1.58. The molecule has 2 nitrogen and oxygen atoms in total. The highest BCUT2D eigenvalue weighted by atomic mass is 19.4. The summed E-state index contributed by atoms with van der Waals surface area (Å²) in [7, 11) is 1.14. The highest BCUT2D eigenvalue weighted by molar-refractivity contribution is 5.30. The summed E-state index contributed by atoms with van der Waals surface area (Å²) in [5.74, 6) is 0. The highest BCUT2D eigenvalue weighted by Gasteiger charge is 2.39. The minimum atomic E-state index is -4.52. The van der Waals surface area contributed by atoms with Crippen LogP contribution >= 0.6 is 0 Å². The number of hydrogen-bond acceptors (Lipinski definition) is 1. The Morgan fingerprint density at radius 2 is 1.62 bits per heavy atom. The number of pyridine rings is 1. The van der Waals surface area contributed by atoms with Gasteiger partial charge in [0.1, 0.15) is 5.69 Å². The Labute approximate surface area is 91.7 Å². The zero-order valence-electron chi connectivity index (χ0n) is 9.64. The third-order valence-electron chi connectivity index (χ3n) is 2.39. The van der Waals surface area contributed by atoms with Crippen LogP contribution < -0.4 is 5.56 Å². The molecule has 16 heavy (non-hydrogen) atoms. The molecule has 1 aromatic rings. The van der Waals surface area contributed by atoms with Crippen molar-refractivity contribution in [2.45, 2.75) is 32.4 Å². The van der Waals surface area contributed by atoms with Crippen molar-refractivity contribution >= 4 is 0 Å². The zero-order valence-corrected chi connectivity index (χ0v) is 9.64. The average Bonchev–Trinajstić information content (AvgIpc) is 2.05. The molecule has 0 saturated heterocycles. The van der Waals surface area contributed by atoms with E-state index in [-0.39, 0.29) is 5.56 Å². The standard InChI is InChI=1S/C11H14F3NO/c1-10(2,3)7-5-6-8(16)15(4)9(7)11(12,13)14/h5-6H,1-4H3. The Bertz CT molecular complexity index is 452. The van der Waals surface area contributed by atoms with Gasteiger partial charge in [-0.25, -0.2) is 0 Å². The SMILES string of the molecule is Cn1c(C(F)(F)F)c(C(C)(C)C)ccc1=O. The largest absolute Gasteiger partial charge is 0.431 e. The molecule has 1 aromatic heterocycles. The van der Waals surface area contributed by atoms with Crippen LogP contribution in [0.15, 0.2) is 16.9 Å². The quantitative estimate of drug-likeness (QED) is 0.675. The Hall–Kier alpha value is -1.26. The molecule has 0 bridgehead atoms. The molecule has 0 N–H and O–H groups in total. The predicted molar refractivity (Wildman–Crippen MR) is 55.4 cm³/mol. The van der Waals surface area contributed by atoms with E-state index in [9.17, 15) is 18.0 Å². The molecule has 0 atom stereocenters. The molecular formula is C11H14F3NO. The van der Waals surface area contributed by atoms with Gasteiger partial charge in [0.25, 0.3) is 5.56 Å². The van der Waals surface area contributed by atoms with Crippen molar-refractivity contribution in [1.82, 2.24) is 4.57 Å². The van der Waals surface area contributed by atoms with Gasteiger partial charge in [0.2, 0.25) is 0 Å². The summed E-state index contributed by atoms with van der Waals surface area (Å²) in [6, 6.07) is 2.42. The Balaban J connectivity index is 3.66. The van der Waals surface area contributed by atoms with E-state index in [1.54, 1.807) is 20.8 Å². The van der Waals surface area contributed by atoms with Gasteiger partial charge >= 0.3 is 6.18 Å². The van der Waals surface area contributed by atoms with Crippen LogP contribution in [0.5, 0.6) is 0 Å². The summed E-state index contributed by atoms with van der Waals surface area (Å²) in [4.78, 5) is 11.2. The van der Waals surface area contributed by atoms with Crippen molar-refractivity contribution in [3.05, 3.63) is 33.7 Å². The van der Waals surface area contributed by atoms with Crippen molar-refractivity contribution in [3.63, 3.8) is 0 Å². The van der Waals surface area contributed by atoms with Crippen molar-refractivity contribution in [3.8, 4) is 0 Å². The molecule has 0 amide bonds. The summed E-state index contributed by atoms with van der Waals surface area (Å²) >= 11 is 0. The number of nitrogens with zero attached hydrogens (tertiary/aromatic N) is 1. The van der Waals surface area contributed by atoms with E-state index < -0.39 is 22.8 Å². The normalized spacial score (nSPS) is 12.9. The number of aromatic nitrogens is 1. The first-order valence-corrected chi connectivity index (χ1v) is 4.83. The maximum atomic E-state index is 12.9. The number of halogens is 3. The molecule has 0 aromatic carbocycles. The smallest absolute Gasteiger partial charge is 0.307 e. The van der Waals surface area contributed by atoms with E-state index in [0.717, 1.165) is 13.1 Å². The van der Waals surface area contributed by atoms with Gasteiger partial charge in [-0.2, -0.15) is 13.2 Å². The highest BCUT2D eigenvalue weighted by Crippen LogP contribution is 2.36. The predicted octanol–water partition coefficient (Wildman–Crippen LogP) is 2.70. The van der Waals surface area contributed by atoms with E-state index in [0.29, 0.717) is 4.57 Å². The lowest BCUT2D eigenvalue weighted by atomic mass is 9.85. The third-order valence-corrected chi connectivity index (χ3v) is 2.39. The van der Waals surface area contributed by atoms with Crippen molar-refractivity contribution in [2.24, 2.45) is 7.05 Å². The number of hydrogen-bond donors (Lipinski definition) is 0. The fraction of sp³-hybridized carbons (Fsp3) is 0.545. The van der Waals surface area contributed by atoms with Crippen LogP contribution in [-0.4, -0.2) is 4.57 Å². The molecule has 90 valence electrons.